The number of nitrogens with zero attached hydrogens (tertiary/aromatic N) is 3. The predicted octanol–water partition coefficient (Wildman–Crippen LogP) is 2.48. The molecule has 2 rings (SSSR count). The molecule has 0 N–H and O–H groups in total. The molecule has 0 saturated carbocycles. The number of benzene rings is 1. The van der Waals surface area contributed by atoms with Crippen LogP contribution in [0.2, 0.25) is 0 Å². The fraction of sp³-hybridized carbons (Fsp3) is 0.154. The van der Waals surface area contributed by atoms with Gasteiger partial charge in [0.25, 0.3) is 5.69 Å². The van der Waals surface area contributed by atoms with Gasteiger partial charge in [-0.05, 0) is 17.7 Å². The molecular formula is C13H13N3O3. The standard InChI is InChI=1S/C13H13N3O3/c1-15-7-3-6-13(15)9-14-19-10-11-4-2-5-12(8-11)16(17)18/h2-9H,10H2,1H3/b14-9-. The van der Waals surface area contributed by atoms with Crippen molar-refractivity contribution in [1.82, 2.24) is 4.57 Å². The summed E-state index contributed by atoms with van der Waals surface area (Å²) in [6.45, 7) is 0.197. The van der Waals surface area contributed by atoms with E-state index >= 15 is 0 Å². The van der Waals surface area contributed by atoms with Crippen molar-refractivity contribution in [3.05, 3.63) is 64.0 Å². The first-order valence-corrected chi connectivity index (χ1v) is 5.67. The van der Waals surface area contributed by atoms with Gasteiger partial charge in [0.05, 0.1) is 16.8 Å². The molecule has 0 aliphatic rings. The molecule has 0 unspecified atom stereocenters. The minimum atomic E-state index is -0.434. The first kappa shape index (κ1) is 12.8. The fourth-order valence-electron chi connectivity index (χ4n) is 1.57. The molecule has 1 aromatic carbocycles. The SMILES string of the molecule is Cn1cccc1/C=N\OCc1cccc([N+](=O)[O-])c1. The summed E-state index contributed by atoms with van der Waals surface area (Å²) in [6, 6.07) is 10.1. The molecule has 1 aromatic heterocycles. The van der Waals surface area contributed by atoms with E-state index in [2.05, 4.69) is 5.16 Å². The van der Waals surface area contributed by atoms with E-state index in [1.165, 1.54) is 12.1 Å². The summed E-state index contributed by atoms with van der Waals surface area (Å²) in [6.07, 6.45) is 3.50. The third kappa shape index (κ3) is 3.41. The average Bonchev–Trinajstić information content (AvgIpc) is 2.81. The Morgan fingerprint density at radius 2 is 2.26 bits per heavy atom. The summed E-state index contributed by atoms with van der Waals surface area (Å²) >= 11 is 0. The fourth-order valence-corrected chi connectivity index (χ4v) is 1.57. The summed E-state index contributed by atoms with van der Waals surface area (Å²) < 4.78 is 1.90. The quantitative estimate of drug-likeness (QED) is 0.470. The van der Waals surface area contributed by atoms with Crippen LogP contribution in [-0.4, -0.2) is 15.7 Å². The lowest BCUT2D eigenvalue weighted by atomic mass is 10.2. The van der Waals surface area contributed by atoms with E-state index in [1.807, 2.05) is 29.9 Å². The number of non-ortho nitro benzene ring substituents is 1. The van der Waals surface area contributed by atoms with E-state index in [-0.39, 0.29) is 12.3 Å². The average molecular weight is 259 g/mol. The highest BCUT2D eigenvalue weighted by molar-refractivity contribution is 5.76. The summed E-state index contributed by atoms with van der Waals surface area (Å²) in [5.41, 5.74) is 1.67. The van der Waals surface area contributed by atoms with Crippen LogP contribution in [0.4, 0.5) is 5.69 Å². The van der Waals surface area contributed by atoms with Gasteiger partial charge in [0.1, 0.15) is 6.61 Å². The van der Waals surface area contributed by atoms with Crippen LogP contribution >= 0.6 is 0 Å². The highest BCUT2D eigenvalue weighted by atomic mass is 16.6. The van der Waals surface area contributed by atoms with Gasteiger partial charge in [-0.3, -0.25) is 10.1 Å². The van der Waals surface area contributed by atoms with Crippen molar-refractivity contribution in [2.45, 2.75) is 6.61 Å². The molecule has 19 heavy (non-hydrogen) atoms. The first-order chi connectivity index (χ1) is 9.16. The van der Waals surface area contributed by atoms with Crippen molar-refractivity contribution >= 4 is 11.9 Å². The van der Waals surface area contributed by atoms with Crippen molar-refractivity contribution in [3.63, 3.8) is 0 Å². The maximum absolute atomic E-state index is 10.6. The third-order valence-electron chi connectivity index (χ3n) is 2.60. The zero-order chi connectivity index (χ0) is 13.7. The van der Waals surface area contributed by atoms with Gasteiger partial charge in [-0.25, -0.2) is 0 Å². The van der Waals surface area contributed by atoms with Crippen LogP contribution in [-0.2, 0) is 18.5 Å². The molecule has 0 aliphatic heterocycles. The molecule has 0 spiro atoms. The van der Waals surface area contributed by atoms with Crippen molar-refractivity contribution in [3.8, 4) is 0 Å². The Bertz CT molecular complexity index is 605. The van der Waals surface area contributed by atoms with Crippen LogP contribution in [0.15, 0.2) is 47.8 Å². The van der Waals surface area contributed by atoms with Gasteiger partial charge in [-0.2, -0.15) is 0 Å². The summed E-state index contributed by atoms with van der Waals surface area (Å²) in [5.74, 6) is 0. The normalized spacial score (nSPS) is 10.8. The minimum Gasteiger partial charge on any atom is -0.391 e. The number of nitro groups is 1. The van der Waals surface area contributed by atoms with E-state index in [9.17, 15) is 10.1 Å². The Morgan fingerprint density at radius 3 is 2.95 bits per heavy atom. The maximum atomic E-state index is 10.6. The third-order valence-corrected chi connectivity index (χ3v) is 2.60. The number of aryl methyl sites for hydroxylation is 1. The van der Waals surface area contributed by atoms with Crippen LogP contribution in [0.3, 0.4) is 0 Å². The Hall–Kier alpha value is -2.63. The van der Waals surface area contributed by atoms with Gasteiger partial charge in [0, 0.05) is 25.4 Å². The molecule has 0 atom stereocenters. The second-order valence-electron chi connectivity index (χ2n) is 3.98. The topological polar surface area (TPSA) is 69.7 Å². The molecule has 0 saturated heterocycles. The molecule has 2 aromatic rings. The van der Waals surface area contributed by atoms with Crippen LogP contribution in [0.1, 0.15) is 11.3 Å². The van der Waals surface area contributed by atoms with Crippen LogP contribution < -0.4 is 0 Å². The number of nitro benzene ring substituents is 1. The smallest absolute Gasteiger partial charge is 0.269 e. The molecule has 1 heterocycles. The number of oxime groups is 1. The van der Waals surface area contributed by atoms with E-state index in [0.717, 1.165) is 5.69 Å². The van der Waals surface area contributed by atoms with Gasteiger partial charge in [0.15, 0.2) is 0 Å². The molecule has 0 bridgehead atoms. The van der Waals surface area contributed by atoms with Crippen molar-refractivity contribution in [2.75, 3.05) is 0 Å². The maximum Gasteiger partial charge on any atom is 0.269 e. The molecule has 0 radical (unpaired) electrons. The molecule has 98 valence electrons. The highest BCUT2D eigenvalue weighted by Crippen LogP contribution is 2.13. The number of aromatic nitrogens is 1. The summed E-state index contributed by atoms with van der Waals surface area (Å²) in [5, 5.41) is 14.4. The van der Waals surface area contributed by atoms with Gasteiger partial charge in [-0.15, -0.1) is 0 Å². The van der Waals surface area contributed by atoms with E-state index in [4.69, 9.17) is 4.84 Å². The second kappa shape index (κ2) is 5.81. The lowest BCUT2D eigenvalue weighted by Gasteiger charge is -2.00. The first-order valence-electron chi connectivity index (χ1n) is 5.67. The number of hydrogen-bond donors (Lipinski definition) is 0. The molecule has 0 aliphatic carbocycles. The molecule has 0 amide bonds. The number of rotatable bonds is 5. The number of hydrogen-bond acceptors (Lipinski definition) is 4. The Labute approximate surface area is 110 Å². The second-order valence-corrected chi connectivity index (χ2v) is 3.98. The molecule has 0 fully saturated rings. The van der Waals surface area contributed by atoms with Crippen LogP contribution in [0.25, 0.3) is 0 Å². The highest BCUT2D eigenvalue weighted by Gasteiger charge is 2.05. The Kier molecular flexibility index (Phi) is 3.92. The molecule has 6 heteroatoms. The monoisotopic (exact) mass is 259 g/mol. The van der Waals surface area contributed by atoms with E-state index in [1.54, 1.807) is 18.3 Å². The lowest BCUT2D eigenvalue weighted by Crippen LogP contribution is -1.94. The summed E-state index contributed by atoms with van der Waals surface area (Å²) in [7, 11) is 1.90. The van der Waals surface area contributed by atoms with Gasteiger partial charge < -0.3 is 9.40 Å². The molecular weight excluding hydrogens is 246 g/mol. The van der Waals surface area contributed by atoms with Crippen molar-refractivity contribution < 1.29 is 9.76 Å². The van der Waals surface area contributed by atoms with Crippen molar-refractivity contribution in [1.29, 1.82) is 0 Å². The Morgan fingerprint density at radius 1 is 1.42 bits per heavy atom. The van der Waals surface area contributed by atoms with Crippen molar-refractivity contribution in [2.24, 2.45) is 12.2 Å². The molecule has 6 nitrogen and oxygen atoms in total. The largest absolute Gasteiger partial charge is 0.391 e. The van der Waals surface area contributed by atoms with Gasteiger partial charge in [-0.1, -0.05) is 17.3 Å². The van der Waals surface area contributed by atoms with Gasteiger partial charge >= 0.3 is 0 Å². The van der Waals surface area contributed by atoms with E-state index < -0.39 is 4.92 Å². The Balaban J connectivity index is 1.92. The zero-order valence-corrected chi connectivity index (χ0v) is 10.4. The van der Waals surface area contributed by atoms with Crippen LogP contribution in [0.5, 0.6) is 0 Å². The van der Waals surface area contributed by atoms with Crippen LogP contribution in [0, 0.1) is 10.1 Å². The lowest BCUT2D eigenvalue weighted by molar-refractivity contribution is -0.384. The summed E-state index contributed by atoms with van der Waals surface area (Å²) in [4.78, 5) is 15.3. The van der Waals surface area contributed by atoms with E-state index in [0.29, 0.717) is 5.56 Å². The minimum absolute atomic E-state index is 0.0486. The van der Waals surface area contributed by atoms with Gasteiger partial charge in [0.2, 0.25) is 0 Å². The zero-order valence-electron chi connectivity index (χ0n) is 10.4. The predicted molar refractivity (Wildman–Crippen MR) is 70.9 cm³/mol.